The van der Waals surface area contributed by atoms with Gasteiger partial charge < -0.3 is 4.57 Å². The molecule has 0 saturated carbocycles. The largest absolute Gasteiger partial charge is 0.309 e. The zero-order valence-electron chi connectivity index (χ0n) is 22.6. The van der Waals surface area contributed by atoms with Crippen LogP contribution in [0, 0.1) is 0 Å². The van der Waals surface area contributed by atoms with Gasteiger partial charge in [-0.25, -0.2) is 0 Å². The van der Waals surface area contributed by atoms with Crippen molar-refractivity contribution in [3.63, 3.8) is 0 Å². The summed E-state index contributed by atoms with van der Waals surface area (Å²) in [5.74, 6) is 0. The molecule has 8 aromatic carbocycles. The van der Waals surface area contributed by atoms with Gasteiger partial charge in [0.2, 0.25) is 0 Å². The van der Waals surface area contributed by atoms with E-state index >= 15 is 0 Å². The molecular weight excluding hydrogens is 527 g/mol. The third kappa shape index (κ3) is 2.87. The van der Waals surface area contributed by atoms with Crippen LogP contribution in [-0.2, 0) is 0 Å². The van der Waals surface area contributed by atoms with E-state index in [-0.39, 0.29) is 0 Å². The molecule has 0 aliphatic rings. The van der Waals surface area contributed by atoms with Gasteiger partial charge in [-0.2, -0.15) is 0 Å². The van der Waals surface area contributed by atoms with Crippen molar-refractivity contribution >= 4 is 96.4 Å². The van der Waals surface area contributed by atoms with Gasteiger partial charge in [0.25, 0.3) is 0 Å². The van der Waals surface area contributed by atoms with Crippen molar-refractivity contribution in [3.8, 4) is 5.69 Å². The highest BCUT2D eigenvalue weighted by Gasteiger charge is 2.20. The molecule has 0 bridgehead atoms. The Morgan fingerprint density at radius 3 is 1.88 bits per heavy atom. The lowest BCUT2D eigenvalue weighted by Crippen LogP contribution is -1.95. The standard InChI is InChI=1S/C40H23NS/c1-3-11-27-24(9-1)18-21-33-37(27)29-13-5-6-14-30(29)39-38(33)32-15-7-8-16-35(32)41(39)26-19-22-36-34(23-26)31-20-17-25-10-2-4-12-28(25)40(31)42-36/h1-23H. The zero-order chi connectivity index (χ0) is 27.4. The van der Waals surface area contributed by atoms with E-state index in [0.717, 1.165) is 0 Å². The highest BCUT2D eigenvalue weighted by Crippen LogP contribution is 2.45. The molecule has 0 atom stereocenters. The van der Waals surface area contributed by atoms with Crippen LogP contribution in [0.5, 0.6) is 0 Å². The number of thiophene rings is 1. The third-order valence-corrected chi connectivity index (χ3v) is 10.3. The van der Waals surface area contributed by atoms with E-state index in [1.54, 1.807) is 0 Å². The van der Waals surface area contributed by atoms with E-state index in [0.29, 0.717) is 0 Å². The Kier molecular flexibility index (Phi) is 4.39. The van der Waals surface area contributed by atoms with Crippen molar-refractivity contribution in [2.24, 2.45) is 0 Å². The summed E-state index contributed by atoms with van der Waals surface area (Å²) in [5, 5.41) is 15.7. The average Bonchev–Trinajstić information content (AvgIpc) is 3.61. The number of nitrogens with zero attached hydrogens (tertiary/aromatic N) is 1. The monoisotopic (exact) mass is 549 g/mol. The Bertz CT molecular complexity index is 2740. The van der Waals surface area contributed by atoms with Crippen LogP contribution in [0.15, 0.2) is 140 Å². The molecule has 0 spiro atoms. The minimum absolute atomic E-state index is 1.20. The van der Waals surface area contributed by atoms with Crippen LogP contribution in [0.3, 0.4) is 0 Å². The summed E-state index contributed by atoms with van der Waals surface area (Å²) < 4.78 is 5.20. The predicted octanol–water partition coefficient (Wildman–Crippen LogP) is 11.8. The van der Waals surface area contributed by atoms with Gasteiger partial charge in [0.1, 0.15) is 0 Å². The van der Waals surface area contributed by atoms with E-state index in [4.69, 9.17) is 0 Å². The molecule has 0 fully saturated rings. The van der Waals surface area contributed by atoms with Gasteiger partial charge in [-0.15, -0.1) is 11.3 Å². The second-order valence-corrected chi connectivity index (χ2v) is 12.3. The zero-order valence-corrected chi connectivity index (χ0v) is 23.5. The molecule has 42 heavy (non-hydrogen) atoms. The van der Waals surface area contributed by atoms with Gasteiger partial charge in [0.15, 0.2) is 0 Å². The van der Waals surface area contributed by atoms with Crippen LogP contribution < -0.4 is 0 Å². The normalized spacial score (nSPS) is 12.3. The molecule has 0 N–H and O–H groups in total. The van der Waals surface area contributed by atoms with E-state index in [9.17, 15) is 0 Å². The lowest BCUT2D eigenvalue weighted by atomic mass is 9.93. The summed E-state index contributed by atoms with van der Waals surface area (Å²) in [6.07, 6.45) is 0. The van der Waals surface area contributed by atoms with Crippen molar-refractivity contribution in [3.05, 3.63) is 140 Å². The Morgan fingerprint density at radius 1 is 0.405 bits per heavy atom. The van der Waals surface area contributed by atoms with Crippen LogP contribution in [0.1, 0.15) is 0 Å². The molecule has 10 aromatic rings. The van der Waals surface area contributed by atoms with Gasteiger partial charge in [0.05, 0.1) is 11.0 Å². The smallest absolute Gasteiger partial charge is 0.0625 e. The van der Waals surface area contributed by atoms with Crippen LogP contribution in [-0.4, -0.2) is 4.57 Å². The molecule has 2 heteroatoms. The first kappa shape index (κ1) is 22.5. The van der Waals surface area contributed by atoms with Gasteiger partial charge in [-0.3, -0.25) is 0 Å². The maximum absolute atomic E-state index is 2.51. The van der Waals surface area contributed by atoms with Gasteiger partial charge in [0, 0.05) is 42.0 Å². The minimum atomic E-state index is 1.20. The lowest BCUT2D eigenvalue weighted by molar-refractivity contribution is 1.19. The SMILES string of the molecule is c1ccc2c(c1)ccc1c3cc(-n4c5ccccc5c5c6ccc7ccccc7c6c6ccccc6c54)ccc3sc21. The molecule has 10 rings (SSSR count). The number of fused-ring (bicyclic) bond motifs is 15. The second kappa shape index (κ2) is 8.19. The molecule has 1 nitrogen and oxygen atoms in total. The molecule has 0 aliphatic carbocycles. The molecular formula is C40H23NS. The van der Waals surface area contributed by atoms with Gasteiger partial charge in [-0.1, -0.05) is 115 Å². The number of hydrogen-bond donors (Lipinski definition) is 0. The molecule has 2 heterocycles. The molecule has 194 valence electrons. The molecule has 0 radical (unpaired) electrons. The van der Waals surface area contributed by atoms with E-state index in [1.165, 1.54) is 90.8 Å². The molecule has 0 amide bonds. The third-order valence-electron chi connectivity index (χ3n) is 9.13. The van der Waals surface area contributed by atoms with Crippen molar-refractivity contribution in [1.29, 1.82) is 0 Å². The van der Waals surface area contributed by atoms with E-state index in [1.807, 2.05) is 11.3 Å². The van der Waals surface area contributed by atoms with E-state index < -0.39 is 0 Å². The average molecular weight is 550 g/mol. The van der Waals surface area contributed by atoms with Crippen molar-refractivity contribution < 1.29 is 0 Å². The predicted molar refractivity (Wildman–Crippen MR) is 184 cm³/mol. The number of hydrogen-bond acceptors (Lipinski definition) is 1. The number of para-hydroxylation sites is 1. The van der Waals surface area contributed by atoms with E-state index in [2.05, 4.69) is 144 Å². The van der Waals surface area contributed by atoms with Crippen LogP contribution in [0.2, 0.25) is 0 Å². The van der Waals surface area contributed by atoms with Crippen LogP contribution in [0.25, 0.3) is 90.8 Å². The van der Waals surface area contributed by atoms with Crippen LogP contribution in [0.4, 0.5) is 0 Å². The molecule has 2 aromatic heterocycles. The van der Waals surface area contributed by atoms with Crippen molar-refractivity contribution in [1.82, 2.24) is 4.57 Å². The summed E-state index contributed by atoms with van der Waals surface area (Å²) in [5.41, 5.74) is 3.72. The summed E-state index contributed by atoms with van der Waals surface area (Å²) in [4.78, 5) is 0. The number of rotatable bonds is 1. The molecule has 0 saturated heterocycles. The van der Waals surface area contributed by atoms with Gasteiger partial charge >= 0.3 is 0 Å². The minimum Gasteiger partial charge on any atom is -0.309 e. The lowest BCUT2D eigenvalue weighted by Gasteiger charge is -2.14. The fraction of sp³-hybridized carbons (Fsp3) is 0. The molecule has 0 unspecified atom stereocenters. The Labute approximate surface area is 245 Å². The van der Waals surface area contributed by atoms with Gasteiger partial charge in [-0.05, 0) is 62.0 Å². The highest BCUT2D eigenvalue weighted by molar-refractivity contribution is 7.26. The Morgan fingerprint density at radius 2 is 1.05 bits per heavy atom. The fourth-order valence-electron chi connectivity index (χ4n) is 7.35. The first-order chi connectivity index (χ1) is 20.8. The summed E-state index contributed by atoms with van der Waals surface area (Å²) in [6.45, 7) is 0. The number of aromatic nitrogens is 1. The number of benzene rings is 8. The maximum Gasteiger partial charge on any atom is 0.0625 e. The summed E-state index contributed by atoms with van der Waals surface area (Å²) in [7, 11) is 0. The Hall–Kier alpha value is -5.18. The first-order valence-electron chi connectivity index (χ1n) is 14.4. The first-order valence-corrected chi connectivity index (χ1v) is 15.3. The summed E-state index contributed by atoms with van der Waals surface area (Å²) >= 11 is 1.90. The topological polar surface area (TPSA) is 4.93 Å². The fourth-order valence-corrected chi connectivity index (χ4v) is 8.56. The van der Waals surface area contributed by atoms with Crippen molar-refractivity contribution in [2.75, 3.05) is 0 Å². The maximum atomic E-state index is 2.51. The Balaban J connectivity index is 1.40. The quantitative estimate of drug-likeness (QED) is 0.179. The van der Waals surface area contributed by atoms with Crippen molar-refractivity contribution in [2.45, 2.75) is 0 Å². The second-order valence-electron chi connectivity index (χ2n) is 11.3. The summed E-state index contributed by atoms with van der Waals surface area (Å²) in [6, 6.07) is 51.6. The van der Waals surface area contributed by atoms with Crippen LogP contribution >= 0.6 is 11.3 Å². The highest BCUT2D eigenvalue weighted by atomic mass is 32.1. The molecule has 0 aliphatic heterocycles.